The van der Waals surface area contributed by atoms with E-state index in [9.17, 15) is 0 Å². The average Bonchev–Trinajstić information content (AvgIpc) is 2.46. The second-order valence-electron chi connectivity index (χ2n) is 3.58. The number of allylic oxidation sites excluding steroid dienone is 2. The number of rotatable bonds is 0. The number of fused-ring (bicyclic) bond motifs is 1. The van der Waals surface area contributed by atoms with Crippen LogP contribution in [0.3, 0.4) is 0 Å². The fraction of sp³-hybridized carbons (Fsp3) is 0.700. The van der Waals surface area contributed by atoms with E-state index >= 15 is 0 Å². The first-order valence-electron chi connectivity index (χ1n) is 4.64. The van der Waals surface area contributed by atoms with Crippen molar-refractivity contribution in [2.75, 3.05) is 13.2 Å². The van der Waals surface area contributed by atoms with Crippen LogP contribution in [0.2, 0.25) is 0 Å². The molecular formula is C10H15NO. The van der Waals surface area contributed by atoms with Gasteiger partial charge in [-0.05, 0) is 26.7 Å². The van der Waals surface area contributed by atoms with Gasteiger partial charge in [-0.25, -0.2) is 0 Å². The molecule has 0 saturated carbocycles. The van der Waals surface area contributed by atoms with Crippen molar-refractivity contribution in [1.29, 1.82) is 0 Å². The topological polar surface area (TPSA) is 21.6 Å². The minimum atomic E-state index is 0.659. The van der Waals surface area contributed by atoms with Crippen LogP contribution in [0.15, 0.2) is 16.3 Å². The maximum Gasteiger partial charge on any atom is 0.104 e. The van der Waals surface area contributed by atoms with E-state index in [4.69, 9.17) is 4.74 Å². The highest BCUT2D eigenvalue weighted by atomic mass is 16.5. The van der Waals surface area contributed by atoms with Crippen LogP contribution in [0.1, 0.15) is 26.7 Å². The Morgan fingerprint density at radius 1 is 1.33 bits per heavy atom. The van der Waals surface area contributed by atoms with Crippen LogP contribution in [0.4, 0.5) is 0 Å². The normalized spacial score (nSPS) is 29.2. The summed E-state index contributed by atoms with van der Waals surface area (Å²) in [7, 11) is 0. The number of nitrogens with zero attached hydrogens (tertiary/aromatic N) is 1. The molecule has 0 N–H and O–H groups in total. The molecule has 2 rings (SSSR count). The van der Waals surface area contributed by atoms with E-state index in [1.807, 2.05) is 0 Å². The lowest BCUT2D eigenvalue weighted by atomic mass is 9.99. The summed E-state index contributed by atoms with van der Waals surface area (Å²) in [4.78, 5) is 4.47. The molecule has 0 bridgehead atoms. The third-order valence-corrected chi connectivity index (χ3v) is 2.83. The van der Waals surface area contributed by atoms with Crippen molar-refractivity contribution in [2.45, 2.75) is 26.7 Å². The van der Waals surface area contributed by atoms with Crippen molar-refractivity contribution < 1.29 is 4.74 Å². The quantitative estimate of drug-likeness (QED) is 0.539. The zero-order chi connectivity index (χ0) is 8.55. The second kappa shape index (κ2) is 2.92. The van der Waals surface area contributed by atoms with E-state index in [0.717, 1.165) is 18.9 Å². The van der Waals surface area contributed by atoms with Crippen LogP contribution in [-0.2, 0) is 4.74 Å². The molecule has 0 amide bonds. The van der Waals surface area contributed by atoms with E-state index in [-0.39, 0.29) is 0 Å². The summed E-state index contributed by atoms with van der Waals surface area (Å²) in [6.45, 7) is 6.08. The van der Waals surface area contributed by atoms with Gasteiger partial charge in [0.25, 0.3) is 0 Å². The van der Waals surface area contributed by atoms with E-state index < -0.39 is 0 Å². The van der Waals surface area contributed by atoms with E-state index in [2.05, 4.69) is 18.8 Å². The van der Waals surface area contributed by atoms with E-state index in [1.165, 1.54) is 24.2 Å². The maximum absolute atomic E-state index is 5.62. The van der Waals surface area contributed by atoms with Gasteiger partial charge in [0.05, 0.1) is 6.61 Å². The van der Waals surface area contributed by atoms with Crippen LogP contribution >= 0.6 is 0 Å². The zero-order valence-electron chi connectivity index (χ0n) is 7.76. The summed E-state index contributed by atoms with van der Waals surface area (Å²) in [5, 5.41) is 0. The monoisotopic (exact) mass is 165 g/mol. The molecule has 12 heavy (non-hydrogen) atoms. The average molecular weight is 165 g/mol. The highest BCUT2D eigenvalue weighted by Crippen LogP contribution is 2.32. The molecule has 2 aliphatic rings. The maximum atomic E-state index is 5.62. The summed E-state index contributed by atoms with van der Waals surface area (Å²) in [5.74, 6) is 1.87. The van der Waals surface area contributed by atoms with Crippen LogP contribution in [0.25, 0.3) is 0 Å². The molecule has 0 radical (unpaired) electrons. The summed E-state index contributed by atoms with van der Waals surface area (Å²) >= 11 is 0. The van der Waals surface area contributed by atoms with Gasteiger partial charge in [0.15, 0.2) is 0 Å². The Morgan fingerprint density at radius 2 is 2.17 bits per heavy atom. The molecule has 2 heteroatoms. The predicted octanol–water partition coefficient (Wildman–Crippen LogP) is 2.16. The zero-order valence-corrected chi connectivity index (χ0v) is 7.76. The summed E-state index contributed by atoms with van der Waals surface area (Å²) in [6.07, 6.45) is 2.36. The number of aliphatic imine (C=N–C) groups is 1. The first kappa shape index (κ1) is 7.84. The van der Waals surface area contributed by atoms with Gasteiger partial charge in [-0.2, -0.15) is 0 Å². The van der Waals surface area contributed by atoms with Crippen molar-refractivity contribution in [1.82, 2.24) is 0 Å². The molecule has 1 saturated heterocycles. The van der Waals surface area contributed by atoms with Gasteiger partial charge in [0.2, 0.25) is 0 Å². The molecule has 2 nitrogen and oxygen atoms in total. The first-order valence-corrected chi connectivity index (χ1v) is 4.64. The Kier molecular flexibility index (Phi) is 1.91. The lowest BCUT2D eigenvalue weighted by molar-refractivity contribution is 0.256. The Morgan fingerprint density at radius 3 is 3.00 bits per heavy atom. The van der Waals surface area contributed by atoms with Gasteiger partial charge in [-0.1, -0.05) is 0 Å². The van der Waals surface area contributed by atoms with Crippen LogP contribution in [-0.4, -0.2) is 18.9 Å². The minimum Gasteiger partial charge on any atom is -0.497 e. The fourth-order valence-corrected chi connectivity index (χ4v) is 1.93. The van der Waals surface area contributed by atoms with Crippen LogP contribution < -0.4 is 0 Å². The lowest BCUT2D eigenvalue weighted by Gasteiger charge is -2.08. The molecule has 1 fully saturated rings. The van der Waals surface area contributed by atoms with Crippen molar-refractivity contribution in [3.8, 4) is 0 Å². The Hall–Kier alpha value is -0.790. The summed E-state index contributed by atoms with van der Waals surface area (Å²) in [6, 6.07) is 0. The molecule has 0 aromatic rings. The second-order valence-corrected chi connectivity index (χ2v) is 3.58. The Labute approximate surface area is 73.3 Å². The predicted molar refractivity (Wildman–Crippen MR) is 49.4 cm³/mol. The van der Waals surface area contributed by atoms with Crippen LogP contribution in [0, 0.1) is 5.92 Å². The molecular weight excluding hydrogens is 150 g/mol. The SMILES string of the molecule is CC1=NCCC2CCOC2=C1C. The smallest absolute Gasteiger partial charge is 0.104 e. The molecule has 0 aromatic carbocycles. The third-order valence-electron chi connectivity index (χ3n) is 2.83. The molecule has 2 heterocycles. The van der Waals surface area contributed by atoms with Gasteiger partial charge < -0.3 is 4.74 Å². The molecule has 66 valence electrons. The highest BCUT2D eigenvalue weighted by Gasteiger charge is 2.26. The standard InChI is InChI=1S/C10H15NO/c1-7-8(2)11-5-3-9-4-6-12-10(7)9/h9H,3-6H2,1-2H3. The van der Waals surface area contributed by atoms with Crippen LogP contribution in [0.5, 0.6) is 0 Å². The summed E-state index contributed by atoms with van der Waals surface area (Å²) < 4.78 is 5.62. The van der Waals surface area contributed by atoms with Crippen molar-refractivity contribution in [2.24, 2.45) is 10.9 Å². The lowest BCUT2D eigenvalue weighted by Crippen LogP contribution is -2.01. The number of ether oxygens (including phenoxy) is 1. The molecule has 1 atom stereocenters. The van der Waals surface area contributed by atoms with Crippen molar-refractivity contribution in [3.63, 3.8) is 0 Å². The number of hydrogen-bond acceptors (Lipinski definition) is 2. The molecule has 0 aliphatic carbocycles. The van der Waals surface area contributed by atoms with Gasteiger partial charge >= 0.3 is 0 Å². The molecule has 2 aliphatic heterocycles. The Balaban J connectivity index is 2.35. The van der Waals surface area contributed by atoms with Gasteiger partial charge in [0, 0.05) is 23.7 Å². The van der Waals surface area contributed by atoms with Gasteiger partial charge in [-0.3, -0.25) is 4.99 Å². The molecule has 1 unspecified atom stereocenters. The van der Waals surface area contributed by atoms with Crippen molar-refractivity contribution >= 4 is 5.71 Å². The van der Waals surface area contributed by atoms with E-state index in [0.29, 0.717) is 5.92 Å². The minimum absolute atomic E-state index is 0.659. The molecule has 0 aromatic heterocycles. The number of hydrogen-bond donors (Lipinski definition) is 0. The third kappa shape index (κ3) is 1.15. The van der Waals surface area contributed by atoms with E-state index in [1.54, 1.807) is 0 Å². The van der Waals surface area contributed by atoms with Crippen molar-refractivity contribution in [3.05, 3.63) is 11.3 Å². The molecule has 0 spiro atoms. The largest absolute Gasteiger partial charge is 0.497 e. The van der Waals surface area contributed by atoms with Gasteiger partial charge in [-0.15, -0.1) is 0 Å². The highest BCUT2D eigenvalue weighted by molar-refractivity contribution is 5.98. The summed E-state index contributed by atoms with van der Waals surface area (Å²) in [5.41, 5.74) is 2.43. The first-order chi connectivity index (χ1) is 5.79. The Bertz CT molecular complexity index is 253. The fourth-order valence-electron chi connectivity index (χ4n) is 1.93. The van der Waals surface area contributed by atoms with Gasteiger partial charge in [0.1, 0.15) is 5.76 Å².